The smallest absolute Gasteiger partial charge is 0.129 e. The molecule has 0 aliphatic carbocycles. The number of fused-ring (bicyclic) bond motifs is 1. The van der Waals surface area contributed by atoms with Crippen molar-refractivity contribution in [3.05, 3.63) is 35.5 Å². The van der Waals surface area contributed by atoms with Crippen molar-refractivity contribution in [2.75, 3.05) is 0 Å². The number of hydrogen-bond acceptors (Lipinski definition) is 1. The molecule has 84 valence electrons. The third-order valence-corrected chi connectivity index (χ3v) is 3.02. The van der Waals surface area contributed by atoms with E-state index in [-0.39, 0.29) is 5.78 Å². The van der Waals surface area contributed by atoms with Crippen molar-refractivity contribution in [3.63, 3.8) is 0 Å². The molecular weight excluding hydrogens is 222 g/mol. The lowest BCUT2D eigenvalue weighted by atomic mass is 10.2. The molecule has 16 heavy (non-hydrogen) atoms. The third kappa shape index (κ3) is 2.27. The highest BCUT2D eigenvalue weighted by atomic mass is 35.5. The van der Waals surface area contributed by atoms with Gasteiger partial charge in [-0.2, -0.15) is 0 Å². The molecule has 0 unspecified atom stereocenters. The van der Waals surface area contributed by atoms with Gasteiger partial charge in [-0.1, -0.05) is 17.7 Å². The van der Waals surface area contributed by atoms with Crippen LogP contribution in [0.1, 0.15) is 19.8 Å². The Morgan fingerprint density at radius 1 is 1.38 bits per heavy atom. The molecule has 2 nitrogen and oxygen atoms in total. The fourth-order valence-corrected chi connectivity index (χ4v) is 2.11. The zero-order chi connectivity index (χ0) is 11.5. The second-order valence-corrected chi connectivity index (χ2v) is 4.39. The minimum absolute atomic E-state index is 0.245. The number of nitrogens with zero attached hydrogens (tertiary/aromatic N) is 1. The first-order chi connectivity index (χ1) is 7.68. The summed E-state index contributed by atoms with van der Waals surface area (Å²) < 4.78 is 2.14. The Balaban J connectivity index is 2.19. The molecule has 0 radical (unpaired) electrons. The number of benzene rings is 1. The van der Waals surface area contributed by atoms with Crippen molar-refractivity contribution in [2.24, 2.45) is 0 Å². The van der Waals surface area contributed by atoms with Gasteiger partial charge in [-0.25, -0.2) is 0 Å². The Labute approximate surface area is 99.8 Å². The molecule has 1 heterocycles. The summed E-state index contributed by atoms with van der Waals surface area (Å²) in [4.78, 5) is 10.9. The van der Waals surface area contributed by atoms with Crippen LogP contribution in [-0.4, -0.2) is 10.4 Å². The molecule has 0 atom stereocenters. The second-order valence-electron chi connectivity index (χ2n) is 3.99. The average Bonchev–Trinajstić information content (AvgIpc) is 2.63. The molecule has 0 spiro atoms. The van der Waals surface area contributed by atoms with Gasteiger partial charge < -0.3 is 9.36 Å². The number of carbonyl (C=O) groups is 1. The van der Waals surface area contributed by atoms with E-state index in [9.17, 15) is 4.79 Å². The molecule has 1 aromatic carbocycles. The van der Waals surface area contributed by atoms with Crippen LogP contribution in [0.4, 0.5) is 0 Å². The molecule has 2 aromatic rings. The quantitative estimate of drug-likeness (QED) is 0.793. The molecule has 2 rings (SSSR count). The van der Waals surface area contributed by atoms with Crippen LogP contribution in [-0.2, 0) is 11.3 Å². The van der Waals surface area contributed by atoms with Crippen LogP contribution >= 0.6 is 11.6 Å². The van der Waals surface area contributed by atoms with E-state index in [2.05, 4.69) is 10.6 Å². The van der Waals surface area contributed by atoms with Gasteiger partial charge in [-0.05, 0) is 31.5 Å². The maximum atomic E-state index is 10.9. The molecule has 0 N–H and O–H groups in total. The summed E-state index contributed by atoms with van der Waals surface area (Å²) >= 11 is 6.09. The van der Waals surface area contributed by atoms with Gasteiger partial charge in [0.1, 0.15) is 5.78 Å². The van der Waals surface area contributed by atoms with Crippen molar-refractivity contribution in [1.82, 2.24) is 4.57 Å². The highest BCUT2D eigenvalue weighted by Crippen LogP contribution is 2.24. The highest BCUT2D eigenvalue weighted by molar-refractivity contribution is 6.35. The van der Waals surface area contributed by atoms with E-state index in [1.807, 2.05) is 24.4 Å². The van der Waals surface area contributed by atoms with Crippen LogP contribution in [0.15, 0.2) is 30.5 Å². The number of carbonyl (C=O) groups excluding carboxylic acids is 1. The van der Waals surface area contributed by atoms with Crippen molar-refractivity contribution in [1.29, 1.82) is 0 Å². The fraction of sp³-hybridized carbons (Fsp3) is 0.308. The summed E-state index contributed by atoms with van der Waals surface area (Å²) in [5, 5.41) is 1.86. The Morgan fingerprint density at radius 2 is 2.19 bits per heavy atom. The van der Waals surface area contributed by atoms with E-state index >= 15 is 0 Å². The van der Waals surface area contributed by atoms with Gasteiger partial charge in [0.25, 0.3) is 0 Å². The van der Waals surface area contributed by atoms with Crippen molar-refractivity contribution in [3.8, 4) is 0 Å². The standard InChI is InChI=1S/C13H14ClNO/c1-10(16)4-3-8-15-9-7-11-12(14)5-2-6-13(11)15/h2,5-7,9H,3-4,8H2,1H3. The molecule has 1 aromatic heterocycles. The predicted octanol–water partition coefficient (Wildman–Crippen LogP) is 3.66. The first-order valence-electron chi connectivity index (χ1n) is 5.41. The summed E-state index contributed by atoms with van der Waals surface area (Å²) in [5.74, 6) is 0.245. The van der Waals surface area contributed by atoms with Crippen LogP contribution < -0.4 is 0 Å². The Bertz CT molecular complexity index is 516. The molecular formula is C13H14ClNO. The van der Waals surface area contributed by atoms with Crippen molar-refractivity contribution < 1.29 is 4.79 Å². The zero-order valence-electron chi connectivity index (χ0n) is 9.24. The van der Waals surface area contributed by atoms with Crippen molar-refractivity contribution in [2.45, 2.75) is 26.3 Å². The molecule has 0 saturated carbocycles. The van der Waals surface area contributed by atoms with E-state index in [0.717, 1.165) is 28.9 Å². The minimum atomic E-state index is 0.245. The lowest BCUT2D eigenvalue weighted by Gasteiger charge is -2.04. The summed E-state index contributed by atoms with van der Waals surface area (Å²) in [6.45, 7) is 2.49. The summed E-state index contributed by atoms with van der Waals surface area (Å²) in [6.07, 6.45) is 3.54. The zero-order valence-corrected chi connectivity index (χ0v) is 10.00. The van der Waals surface area contributed by atoms with Crippen molar-refractivity contribution >= 4 is 28.3 Å². The topological polar surface area (TPSA) is 22.0 Å². The van der Waals surface area contributed by atoms with E-state index in [0.29, 0.717) is 6.42 Å². The number of Topliss-reactive ketones (excluding diaryl/α,β-unsaturated/α-hetero) is 1. The molecule has 3 heteroatoms. The van der Waals surface area contributed by atoms with E-state index in [4.69, 9.17) is 11.6 Å². The molecule has 0 aliphatic rings. The van der Waals surface area contributed by atoms with Crippen LogP contribution in [0.5, 0.6) is 0 Å². The maximum absolute atomic E-state index is 10.9. The number of rotatable bonds is 4. The lowest BCUT2D eigenvalue weighted by Crippen LogP contribution is -1.98. The normalized spacial score (nSPS) is 10.9. The van der Waals surface area contributed by atoms with Gasteiger partial charge in [0.05, 0.1) is 0 Å². The van der Waals surface area contributed by atoms with Crippen LogP contribution in [0.2, 0.25) is 5.02 Å². The van der Waals surface area contributed by atoms with E-state index < -0.39 is 0 Å². The second kappa shape index (κ2) is 4.71. The summed E-state index contributed by atoms with van der Waals surface area (Å²) in [6, 6.07) is 7.91. The van der Waals surface area contributed by atoms with Gasteiger partial charge in [-0.15, -0.1) is 0 Å². The first kappa shape index (κ1) is 11.2. The number of halogens is 1. The van der Waals surface area contributed by atoms with Gasteiger partial charge in [0.2, 0.25) is 0 Å². The summed E-state index contributed by atoms with van der Waals surface area (Å²) in [7, 11) is 0. The predicted molar refractivity (Wildman–Crippen MR) is 66.9 cm³/mol. The maximum Gasteiger partial charge on any atom is 0.129 e. The molecule has 0 fully saturated rings. The third-order valence-electron chi connectivity index (χ3n) is 2.69. The van der Waals surface area contributed by atoms with Gasteiger partial charge in [0, 0.05) is 35.1 Å². The molecule has 0 bridgehead atoms. The van der Waals surface area contributed by atoms with Gasteiger partial charge in [0.15, 0.2) is 0 Å². The highest BCUT2D eigenvalue weighted by Gasteiger charge is 2.03. The number of aryl methyl sites for hydroxylation is 1. The molecule has 0 saturated heterocycles. The Kier molecular flexibility index (Phi) is 3.30. The monoisotopic (exact) mass is 235 g/mol. The lowest BCUT2D eigenvalue weighted by molar-refractivity contribution is -0.117. The largest absolute Gasteiger partial charge is 0.347 e. The Hall–Kier alpha value is -1.28. The summed E-state index contributed by atoms with van der Waals surface area (Å²) in [5.41, 5.74) is 1.14. The van der Waals surface area contributed by atoms with Crippen LogP contribution in [0.25, 0.3) is 10.9 Å². The van der Waals surface area contributed by atoms with E-state index in [1.54, 1.807) is 6.92 Å². The van der Waals surface area contributed by atoms with Gasteiger partial charge in [-0.3, -0.25) is 0 Å². The van der Waals surface area contributed by atoms with Crippen LogP contribution in [0, 0.1) is 0 Å². The minimum Gasteiger partial charge on any atom is -0.347 e. The average molecular weight is 236 g/mol. The van der Waals surface area contributed by atoms with E-state index in [1.165, 1.54) is 0 Å². The first-order valence-corrected chi connectivity index (χ1v) is 5.79. The van der Waals surface area contributed by atoms with Gasteiger partial charge >= 0.3 is 0 Å². The number of hydrogen-bond donors (Lipinski definition) is 0. The fourth-order valence-electron chi connectivity index (χ4n) is 1.88. The number of ketones is 1. The molecule has 0 aliphatic heterocycles. The Morgan fingerprint density at radius 3 is 2.94 bits per heavy atom. The molecule has 0 amide bonds. The SMILES string of the molecule is CC(=O)CCCn1ccc2c(Cl)cccc21. The number of aromatic nitrogens is 1. The van der Waals surface area contributed by atoms with Crippen LogP contribution in [0.3, 0.4) is 0 Å².